The van der Waals surface area contributed by atoms with Crippen molar-refractivity contribution in [3.05, 3.63) is 120 Å². The van der Waals surface area contributed by atoms with Gasteiger partial charge in [-0.2, -0.15) is 0 Å². The molecule has 0 saturated carbocycles. The van der Waals surface area contributed by atoms with Gasteiger partial charge < -0.3 is 9.36 Å². The van der Waals surface area contributed by atoms with Crippen molar-refractivity contribution in [2.45, 2.75) is 31.0 Å². The van der Waals surface area contributed by atoms with Gasteiger partial charge in [0, 0.05) is 23.7 Å². The smallest absolute Gasteiger partial charge is 0.190 e. The van der Waals surface area contributed by atoms with Crippen LogP contribution in [0.15, 0.2) is 103 Å². The third-order valence-corrected chi connectivity index (χ3v) is 12.3. The second kappa shape index (κ2) is 8.69. The number of nitrogens with zero attached hydrogens (tertiary/aromatic N) is 1. The van der Waals surface area contributed by atoms with Gasteiger partial charge in [0.2, 0.25) is 0 Å². The van der Waals surface area contributed by atoms with Gasteiger partial charge in [-0.1, -0.05) is 103 Å². The van der Waals surface area contributed by atoms with Gasteiger partial charge in [-0.3, -0.25) is 0 Å². The molecule has 36 heavy (non-hydrogen) atoms. The molecule has 4 aromatic carbocycles. The zero-order valence-electron chi connectivity index (χ0n) is 20.7. The Morgan fingerprint density at radius 2 is 1.58 bits per heavy atom. The summed E-state index contributed by atoms with van der Waals surface area (Å²) in [7, 11) is -1.27. The molecule has 1 aliphatic heterocycles. The number of carbonyl (C=O) groups is 1. The fourth-order valence-corrected chi connectivity index (χ4v) is 11.1. The van der Waals surface area contributed by atoms with Crippen LogP contribution in [0.5, 0.6) is 0 Å². The molecule has 0 aromatic heterocycles. The summed E-state index contributed by atoms with van der Waals surface area (Å²) >= 11 is 0. The van der Waals surface area contributed by atoms with Gasteiger partial charge in [-0.25, -0.2) is 4.67 Å². The van der Waals surface area contributed by atoms with Crippen molar-refractivity contribution in [3.63, 3.8) is 0 Å². The van der Waals surface area contributed by atoms with Crippen LogP contribution in [-0.4, -0.2) is 17.5 Å². The van der Waals surface area contributed by atoms with Gasteiger partial charge in [0.1, 0.15) is 5.78 Å². The molecule has 1 fully saturated rings. The molecule has 4 aromatic rings. The molecule has 0 N–H and O–H groups in total. The molecule has 0 unspecified atom stereocenters. The van der Waals surface area contributed by atoms with E-state index < -0.39 is 12.4 Å². The molecule has 1 heterocycles. The zero-order valence-corrected chi connectivity index (χ0v) is 21.6. The summed E-state index contributed by atoms with van der Waals surface area (Å²) in [4.78, 5) is 12.5. The fourth-order valence-electron chi connectivity index (χ4n) is 6.75. The van der Waals surface area contributed by atoms with Gasteiger partial charge in [-0.15, -0.1) is 0 Å². The van der Waals surface area contributed by atoms with Crippen molar-refractivity contribution in [2.24, 2.45) is 5.92 Å². The zero-order chi connectivity index (χ0) is 24.9. The predicted octanol–water partition coefficient (Wildman–Crippen LogP) is 7.34. The summed E-state index contributed by atoms with van der Waals surface area (Å²) in [6.45, 7) is 1.65. The number of hydrogen-bond donors (Lipinski definition) is 0. The van der Waals surface area contributed by atoms with E-state index in [2.05, 4.69) is 77.5 Å². The number of carbonyl (C=O) groups excluding carboxylic acids is 1. The molecule has 1 saturated heterocycles. The van der Waals surface area contributed by atoms with Crippen LogP contribution in [0.1, 0.15) is 42.5 Å². The SMILES string of the molecule is CC(=O)CC[C@]12c3ccccc3C=C[C@@H]1[C@@H](c1ccccc1)N(C)[P@@]2(=O)c1cccc2ccccc12. The van der Waals surface area contributed by atoms with Crippen molar-refractivity contribution in [1.29, 1.82) is 0 Å². The first-order valence-corrected chi connectivity index (χ1v) is 14.3. The van der Waals surface area contributed by atoms with Gasteiger partial charge in [0.05, 0.1) is 5.16 Å². The first kappa shape index (κ1) is 23.2. The Kier molecular flexibility index (Phi) is 5.59. The van der Waals surface area contributed by atoms with Crippen LogP contribution in [-0.2, 0) is 14.5 Å². The third kappa shape index (κ3) is 3.16. The molecule has 0 amide bonds. The Morgan fingerprint density at radius 1 is 0.889 bits per heavy atom. The van der Waals surface area contributed by atoms with E-state index in [1.807, 2.05) is 43.4 Å². The monoisotopic (exact) mass is 491 g/mol. The standard InChI is InChI=1S/C32H30NO2P/c1-23(34)21-22-32-28-17-9-7-12-25(28)19-20-29(32)31(26-13-4-3-5-14-26)33(2)36(32,35)30-18-10-15-24-11-6-8-16-27(24)30/h3-20,29,31H,21-22H2,1-2H3/t29-,31-,32+,36-/m1/s1. The van der Waals surface area contributed by atoms with Gasteiger partial charge >= 0.3 is 0 Å². The highest BCUT2D eigenvalue weighted by atomic mass is 31.2. The number of hydrogen-bond acceptors (Lipinski definition) is 2. The number of benzene rings is 4. The topological polar surface area (TPSA) is 37.4 Å². The van der Waals surface area contributed by atoms with E-state index in [-0.39, 0.29) is 17.7 Å². The molecule has 0 bridgehead atoms. The number of Topliss-reactive ketones (excluding diaryl/α,β-unsaturated/α-hetero) is 1. The summed E-state index contributed by atoms with van der Waals surface area (Å²) in [5, 5.41) is 2.28. The summed E-state index contributed by atoms with van der Waals surface area (Å²) in [6, 6.07) is 33.1. The molecule has 6 rings (SSSR count). The second-order valence-electron chi connectivity index (χ2n) is 10.1. The summed E-state index contributed by atoms with van der Waals surface area (Å²) < 4.78 is 18.4. The van der Waals surface area contributed by atoms with Crippen LogP contribution in [0, 0.1) is 5.92 Å². The van der Waals surface area contributed by atoms with E-state index >= 15 is 4.57 Å². The van der Waals surface area contributed by atoms with Crippen molar-refractivity contribution in [1.82, 2.24) is 4.67 Å². The maximum atomic E-state index is 16.2. The second-order valence-corrected chi connectivity index (χ2v) is 13.2. The highest BCUT2D eigenvalue weighted by Crippen LogP contribution is 2.80. The Morgan fingerprint density at radius 3 is 2.39 bits per heavy atom. The molecule has 1 aliphatic carbocycles. The lowest BCUT2D eigenvalue weighted by Crippen LogP contribution is -2.37. The van der Waals surface area contributed by atoms with E-state index in [4.69, 9.17) is 0 Å². The lowest BCUT2D eigenvalue weighted by Gasteiger charge is -2.43. The highest BCUT2D eigenvalue weighted by Gasteiger charge is 2.67. The van der Waals surface area contributed by atoms with E-state index in [1.165, 1.54) is 0 Å². The van der Waals surface area contributed by atoms with Gasteiger partial charge in [0.15, 0.2) is 7.29 Å². The van der Waals surface area contributed by atoms with E-state index in [1.54, 1.807) is 6.92 Å². The lowest BCUT2D eigenvalue weighted by molar-refractivity contribution is -0.117. The molecule has 180 valence electrons. The molecule has 3 nitrogen and oxygen atoms in total. The number of rotatable bonds is 5. The molecular formula is C32H30NO2P. The molecule has 4 atom stereocenters. The van der Waals surface area contributed by atoms with Crippen molar-refractivity contribution < 1.29 is 9.36 Å². The maximum absolute atomic E-state index is 16.2. The molecular weight excluding hydrogens is 461 g/mol. The minimum Gasteiger partial charge on any atom is -0.300 e. The summed E-state index contributed by atoms with van der Waals surface area (Å²) in [5.41, 5.74) is 3.35. The van der Waals surface area contributed by atoms with Crippen LogP contribution >= 0.6 is 7.29 Å². The van der Waals surface area contributed by atoms with E-state index in [9.17, 15) is 4.79 Å². The Hall–Kier alpha value is -3.26. The lowest BCUT2D eigenvalue weighted by atomic mass is 9.71. The first-order chi connectivity index (χ1) is 17.5. The van der Waals surface area contributed by atoms with Crippen LogP contribution < -0.4 is 5.30 Å². The number of ketones is 1. The average molecular weight is 492 g/mol. The van der Waals surface area contributed by atoms with E-state index in [0.29, 0.717) is 12.8 Å². The first-order valence-electron chi connectivity index (χ1n) is 12.6. The molecule has 0 radical (unpaired) electrons. The molecule has 0 spiro atoms. The summed E-state index contributed by atoms with van der Waals surface area (Å²) in [6.07, 6.45) is 5.39. The van der Waals surface area contributed by atoms with Crippen LogP contribution in [0.4, 0.5) is 0 Å². The van der Waals surface area contributed by atoms with E-state index in [0.717, 1.165) is 32.8 Å². The quantitative estimate of drug-likeness (QED) is 0.274. The van der Waals surface area contributed by atoms with Gasteiger partial charge in [0.25, 0.3) is 0 Å². The van der Waals surface area contributed by atoms with Crippen molar-refractivity contribution in [2.75, 3.05) is 7.05 Å². The highest BCUT2D eigenvalue weighted by molar-refractivity contribution is 7.71. The van der Waals surface area contributed by atoms with Crippen LogP contribution in [0.25, 0.3) is 16.8 Å². The minimum atomic E-state index is -3.30. The van der Waals surface area contributed by atoms with Crippen molar-refractivity contribution in [3.8, 4) is 0 Å². The maximum Gasteiger partial charge on any atom is 0.190 e. The minimum absolute atomic E-state index is 0.0380. The normalized spacial score (nSPS) is 27.1. The Bertz CT molecular complexity index is 1540. The van der Waals surface area contributed by atoms with Gasteiger partial charge in [-0.05, 0) is 53.9 Å². The number of fused-ring (bicyclic) bond motifs is 4. The Labute approximate surface area is 212 Å². The van der Waals surface area contributed by atoms with Crippen LogP contribution in [0.3, 0.4) is 0 Å². The molecule has 4 heteroatoms. The van der Waals surface area contributed by atoms with Crippen LogP contribution in [0.2, 0.25) is 0 Å². The third-order valence-electron chi connectivity index (χ3n) is 8.28. The predicted molar refractivity (Wildman–Crippen MR) is 149 cm³/mol. The average Bonchev–Trinajstić information content (AvgIpc) is 3.12. The molecule has 2 aliphatic rings. The fraction of sp³-hybridized carbons (Fsp3) is 0.219. The Balaban J connectivity index is 1.73. The largest absolute Gasteiger partial charge is 0.300 e. The summed E-state index contributed by atoms with van der Waals surface area (Å²) in [5.74, 6) is 0.0920. The van der Waals surface area contributed by atoms with Crippen molar-refractivity contribution >= 4 is 35.2 Å².